The lowest BCUT2D eigenvalue weighted by atomic mass is 10.3. The number of nitrogens with zero attached hydrogens (tertiary/aromatic N) is 2. The maximum Gasteiger partial charge on any atom is 0.0993 e. The van der Waals surface area contributed by atoms with Gasteiger partial charge in [-0.1, -0.05) is 6.08 Å². The molecule has 0 unspecified atom stereocenters. The summed E-state index contributed by atoms with van der Waals surface area (Å²) in [7, 11) is 0. The Bertz CT molecular complexity index is 888. The molecule has 0 saturated carbocycles. The van der Waals surface area contributed by atoms with Crippen LogP contribution in [0, 0.1) is 0 Å². The van der Waals surface area contributed by atoms with Crippen LogP contribution in [0.3, 0.4) is 0 Å². The van der Waals surface area contributed by atoms with Gasteiger partial charge in [0.15, 0.2) is 0 Å². The fourth-order valence-corrected chi connectivity index (χ4v) is 5.04. The van der Waals surface area contributed by atoms with E-state index in [1.807, 2.05) is 33.9 Å². The molecule has 98 valence electrons. The van der Waals surface area contributed by atoms with Crippen molar-refractivity contribution in [2.45, 2.75) is 0 Å². The average Bonchev–Trinajstić information content (AvgIpc) is 3.21. The molecule has 0 atom stereocenters. The summed E-state index contributed by atoms with van der Waals surface area (Å²) in [6.07, 6.45) is 8.01. The molecule has 3 aromatic rings. The molecule has 0 spiro atoms. The molecule has 5 heteroatoms. The molecule has 0 aromatic carbocycles. The summed E-state index contributed by atoms with van der Waals surface area (Å²) in [6, 6.07) is 2.20. The average molecular weight is 314 g/mol. The summed E-state index contributed by atoms with van der Waals surface area (Å²) < 4.78 is 1.48. The van der Waals surface area contributed by atoms with Gasteiger partial charge < -0.3 is 0 Å². The van der Waals surface area contributed by atoms with Crippen molar-refractivity contribution in [3.63, 3.8) is 0 Å². The summed E-state index contributed by atoms with van der Waals surface area (Å²) in [5.41, 5.74) is 3.43. The van der Waals surface area contributed by atoms with Gasteiger partial charge in [-0.3, -0.25) is 9.97 Å². The zero-order valence-corrected chi connectivity index (χ0v) is 12.9. The van der Waals surface area contributed by atoms with Crippen molar-refractivity contribution in [3.05, 3.63) is 56.0 Å². The number of aromatic nitrogens is 2. The molecule has 3 aromatic heterocycles. The predicted octanol–water partition coefficient (Wildman–Crippen LogP) is 3.01. The highest BCUT2D eigenvalue weighted by atomic mass is 32.2. The van der Waals surface area contributed by atoms with Crippen molar-refractivity contribution in [1.82, 2.24) is 9.97 Å². The van der Waals surface area contributed by atoms with Crippen LogP contribution < -0.4 is 9.75 Å². The molecular weight excluding hydrogens is 304 g/mol. The fraction of sp³-hybridized carbons (Fsp3) is 0.0667. The van der Waals surface area contributed by atoms with E-state index < -0.39 is 0 Å². The Balaban J connectivity index is 0.000000108. The number of thioether (sulfide) groups is 1. The zero-order valence-electron chi connectivity index (χ0n) is 10.4. The van der Waals surface area contributed by atoms with Crippen LogP contribution in [-0.2, 0) is 0 Å². The molecule has 0 amide bonds. The molecular formula is C15H10N2S3. The quantitative estimate of drug-likeness (QED) is 0.638. The van der Waals surface area contributed by atoms with Gasteiger partial charge in [0, 0.05) is 38.3 Å². The molecule has 2 nitrogen and oxygen atoms in total. The largest absolute Gasteiger partial charge is 0.252 e. The minimum atomic E-state index is 0.988. The second-order valence-corrected chi connectivity index (χ2v) is 7.04. The lowest BCUT2D eigenvalue weighted by Gasteiger charge is -1.89. The van der Waals surface area contributed by atoms with E-state index >= 15 is 0 Å². The minimum absolute atomic E-state index is 0.988. The van der Waals surface area contributed by atoms with E-state index in [9.17, 15) is 0 Å². The van der Waals surface area contributed by atoms with Crippen molar-refractivity contribution < 1.29 is 0 Å². The maximum absolute atomic E-state index is 4.09. The Morgan fingerprint density at radius 2 is 1.85 bits per heavy atom. The Hall–Kier alpha value is -1.43. The van der Waals surface area contributed by atoms with Gasteiger partial charge in [-0.2, -0.15) is 0 Å². The van der Waals surface area contributed by atoms with E-state index in [1.165, 1.54) is 26.0 Å². The first-order valence-electron chi connectivity index (χ1n) is 6.17. The van der Waals surface area contributed by atoms with E-state index in [2.05, 4.69) is 33.6 Å². The molecule has 2 aliphatic rings. The molecule has 0 N–H and O–H groups in total. The molecule has 5 rings (SSSR count). The Labute approximate surface area is 128 Å². The van der Waals surface area contributed by atoms with Gasteiger partial charge in [-0.05, 0) is 28.3 Å². The van der Waals surface area contributed by atoms with Gasteiger partial charge in [-0.25, -0.2) is 0 Å². The number of hydrogen-bond acceptors (Lipinski definition) is 5. The molecule has 0 saturated heterocycles. The van der Waals surface area contributed by atoms with Crippen molar-refractivity contribution >= 4 is 56.5 Å². The molecule has 0 fully saturated rings. The Morgan fingerprint density at radius 1 is 1.05 bits per heavy atom. The lowest BCUT2D eigenvalue weighted by Crippen LogP contribution is -2.14. The first kappa shape index (κ1) is 12.3. The summed E-state index contributed by atoms with van der Waals surface area (Å²) >= 11 is 5.45. The van der Waals surface area contributed by atoms with Crippen LogP contribution in [-0.4, -0.2) is 15.7 Å². The fourth-order valence-electron chi connectivity index (χ4n) is 2.20. The van der Waals surface area contributed by atoms with E-state index in [0.717, 1.165) is 11.0 Å². The van der Waals surface area contributed by atoms with E-state index in [4.69, 9.17) is 0 Å². The van der Waals surface area contributed by atoms with Gasteiger partial charge >= 0.3 is 0 Å². The number of thiophene rings is 2. The van der Waals surface area contributed by atoms with Crippen molar-refractivity contribution in [2.75, 3.05) is 5.75 Å². The molecule has 20 heavy (non-hydrogen) atoms. The first-order chi connectivity index (χ1) is 9.92. The number of hydrogen-bond donors (Lipinski definition) is 0. The first-order valence-corrected chi connectivity index (χ1v) is 8.98. The normalized spacial score (nSPS) is 15.2. The van der Waals surface area contributed by atoms with E-state index in [-0.39, 0.29) is 0 Å². The third kappa shape index (κ3) is 2.12. The minimum Gasteiger partial charge on any atom is -0.252 e. The van der Waals surface area contributed by atoms with Crippen LogP contribution in [0.1, 0.15) is 0 Å². The van der Waals surface area contributed by atoms with Crippen molar-refractivity contribution in [1.29, 1.82) is 0 Å². The number of fused-ring (bicyclic) bond motifs is 3. The van der Waals surface area contributed by atoms with Gasteiger partial charge in [0.2, 0.25) is 0 Å². The third-order valence-corrected chi connectivity index (χ3v) is 5.98. The van der Waals surface area contributed by atoms with Crippen LogP contribution in [0.15, 0.2) is 46.2 Å². The highest BCUT2D eigenvalue weighted by Crippen LogP contribution is 2.34. The molecule has 1 aliphatic heterocycles. The smallest absolute Gasteiger partial charge is 0.0993 e. The number of rotatable bonds is 0. The molecule has 0 bridgehead atoms. The highest BCUT2D eigenvalue weighted by Gasteiger charge is 2.16. The lowest BCUT2D eigenvalue weighted by molar-refractivity contribution is 1.31. The van der Waals surface area contributed by atoms with Gasteiger partial charge in [-0.15, -0.1) is 34.4 Å². The van der Waals surface area contributed by atoms with E-state index in [1.54, 1.807) is 23.7 Å². The topological polar surface area (TPSA) is 25.8 Å². The molecule has 0 radical (unpaired) electrons. The second-order valence-electron chi connectivity index (χ2n) is 4.35. The predicted molar refractivity (Wildman–Crippen MR) is 89.4 cm³/mol. The van der Waals surface area contributed by atoms with Crippen LogP contribution in [0.4, 0.5) is 0 Å². The van der Waals surface area contributed by atoms with Gasteiger partial charge in [0.05, 0.1) is 11.0 Å². The standard InChI is InChI=1S/C9H6S2.C6H4N2S/c1-3-10-8-6(1)5-7-2-4-11-9(7)8;1-2-8-6-4-9-3-5(6)7-1/h1-3,5H,4H2;1-4H. The van der Waals surface area contributed by atoms with Crippen molar-refractivity contribution in [3.8, 4) is 0 Å². The highest BCUT2D eigenvalue weighted by molar-refractivity contribution is 8.08. The Morgan fingerprint density at radius 3 is 2.65 bits per heavy atom. The molecule has 1 aliphatic carbocycles. The van der Waals surface area contributed by atoms with Crippen LogP contribution >= 0.6 is 34.4 Å². The maximum atomic E-state index is 4.09. The van der Waals surface area contributed by atoms with Crippen molar-refractivity contribution in [2.24, 2.45) is 0 Å². The summed E-state index contributed by atoms with van der Waals surface area (Å²) in [4.78, 5) is 9.69. The summed E-state index contributed by atoms with van der Waals surface area (Å²) in [5.74, 6) is 1.17. The third-order valence-electron chi connectivity index (χ3n) is 3.12. The van der Waals surface area contributed by atoms with E-state index in [0.29, 0.717) is 0 Å². The Kier molecular flexibility index (Phi) is 3.18. The van der Waals surface area contributed by atoms with Crippen LogP contribution in [0.5, 0.6) is 0 Å². The van der Waals surface area contributed by atoms with Gasteiger partial charge in [0.1, 0.15) is 0 Å². The molecule has 4 heterocycles. The van der Waals surface area contributed by atoms with Gasteiger partial charge in [0.25, 0.3) is 0 Å². The summed E-state index contributed by atoms with van der Waals surface area (Å²) in [5, 5.41) is 7.57. The second kappa shape index (κ2) is 5.16. The SMILES string of the molecule is C1=C2C=c3ccsc3=C2SC1.c1cnc2cscc2n1. The van der Waals surface area contributed by atoms with Crippen LogP contribution in [0.25, 0.3) is 22.0 Å². The summed E-state index contributed by atoms with van der Waals surface area (Å²) in [6.45, 7) is 0. The monoisotopic (exact) mass is 314 g/mol. The zero-order chi connectivity index (χ0) is 13.4. The van der Waals surface area contributed by atoms with Crippen LogP contribution in [0.2, 0.25) is 0 Å².